The highest BCUT2D eigenvalue weighted by Crippen LogP contribution is 2.15. The first-order valence-electron chi connectivity index (χ1n) is 5.30. The maximum atomic E-state index is 10.7. The Balaban J connectivity index is 2.30. The van der Waals surface area contributed by atoms with Crippen LogP contribution in [-0.2, 0) is 11.2 Å². The minimum absolute atomic E-state index is 0.286. The Hall–Kier alpha value is -1.90. The zero-order valence-corrected chi connectivity index (χ0v) is 9.23. The van der Waals surface area contributed by atoms with Crippen LogP contribution in [0.4, 0.5) is 0 Å². The van der Waals surface area contributed by atoms with E-state index in [1.54, 1.807) is 0 Å². The predicted octanol–water partition coefficient (Wildman–Crippen LogP) is 1.96. The van der Waals surface area contributed by atoms with Gasteiger partial charge >= 0.3 is 0 Å². The average Bonchev–Trinajstić information content (AvgIpc) is 2.26. The fourth-order valence-electron chi connectivity index (χ4n) is 1.68. The van der Waals surface area contributed by atoms with E-state index in [0.29, 0.717) is 12.8 Å². The number of amides is 1. The molecular formula is C13H14N2O. The molecule has 0 aliphatic heterocycles. The largest absolute Gasteiger partial charge is 0.370 e. The van der Waals surface area contributed by atoms with Crippen molar-refractivity contribution in [1.29, 1.82) is 0 Å². The molecule has 2 N–H and O–H groups in total. The molecule has 0 aliphatic rings. The van der Waals surface area contributed by atoms with Crippen LogP contribution in [0.2, 0.25) is 0 Å². The van der Waals surface area contributed by atoms with E-state index in [-0.39, 0.29) is 5.91 Å². The summed E-state index contributed by atoms with van der Waals surface area (Å²) in [5.41, 5.74) is 8.21. The number of rotatable bonds is 3. The second-order valence-electron chi connectivity index (χ2n) is 3.97. The molecule has 0 aliphatic carbocycles. The monoisotopic (exact) mass is 214 g/mol. The zero-order chi connectivity index (χ0) is 11.5. The standard InChI is InChI=1S/C13H14N2O/c1-9-2-6-12-10(8-9)3-4-11(15-12)5-7-13(14)16/h2-4,6,8H,5,7H2,1H3,(H2,14,16). The van der Waals surface area contributed by atoms with Crippen LogP contribution in [0.15, 0.2) is 30.3 Å². The van der Waals surface area contributed by atoms with E-state index in [9.17, 15) is 4.79 Å². The molecule has 0 saturated heterocycles. The number of nitrogens with two attached hydrogens (primary N) is 1. The van der Waals surface area contributed by atoms with E-state index in [0.717, 1.165) is 16.6 Å². The lowest BCUT2D eigenvalue weighted by Gasteiger charge is -2.02. The molecular weight excluding hydrogens is 200 g/mol. The Morgan fingerprint density at radius 3 is 2.88 bits per heavy atom. The fourth-order valence-corrected chi connectivity index (χ4v) is 1.68. The Kier molecular flexibility index (Phi) is 2.86. The van der Waals surface area contributed by atoms with Gasteiger partial charge < -0.3 is 5.73 Å². The first kappa shape index (κ1) is 10.6. The van der Waals surface area contributed by atoms with Gasteiger partial charge in [-0.1, -0.05) is 17.7 Å². The second-order valence-corrected chi connectivity index (χ2v) is 3.97. The van der Waals surface area contributed by atoms with E-state index in [1.165, 1.54) is 5.56 Å². The summed E-state index contributed by atoms with van der Waals surface area (Å²) in [6.07, 6.45) is 0.962. The van der Waals surface area contributed by atoms with Crippen LogP contribution in [0.1, 0.15) is 17.7 Å². The molecule has 0 atom stereocenters. The summed E-state index contributed by atoms with van der Waals surface area (Å²) in [5, 5.41) is 1.13. The molecule has 16 heavy (non-hydrogen) atoms. The van der Waals surface area contributed by atoms with E-state index in [1.807, 2.05) is 24.3 Å². The lowest BCUT2D eigenvalue weighted by atomic mass is 10.1. The minimum atomic E-state index is -0.286. The van der Waals surface area contributed by atoms with Crippen molar-refractivity contribution in [2.24, 2.45) is 5.73 Å². The van der Waals surface area contributed by atoms with Crippen molar-refractivity contribution in [3.05, 3.63) is 41.6 Å². The Labute approximate surface area is 94.3 Å². The van der Waals surface area contributed by atoms with Crippen molar-refractivity contribution in [1.82, 2.24) is 4.98 Å². The summed E-state index contributed by atoms with van der Waals surface area (Å²) < 4.78 is 0. The molecule has 1 amide bonds. The second kappa shape index (κ2) is 4.31. The number of pyridine rings is 1. The van der Waals surface area contributed by atoms with Gasteiger partial charge in [-0.15, -0.1) is 0 Å². The highest BCUT2D eigenvalue weighted by molar-refractivity contribution is 5.79. The van der Waals surface area contributed by atoms with E-state index >= 15 is 0 Å². The fraction of sp³-hybridized carbons (Fsp3) is 0.231. The number of carbonyl (C=O) groups excluding carboxylic acids is 1. The summed E-state index contributed by atoms with van der Waals surface area (Å²) >= 11 is 0. The lowest BCUT2D eigenvalue weighted by Crippen LogP contribution is -2.11. The van der Waals surface area contributed by atoms with Crippen molar-refractivity contribution in [2.75, 3.05) is 0 Å². The van der Waals surface area contributed by atoms with Gasteiger partial charge in [0.25, 0.3) is 0 Å². The SMILES string of the molecule is Cc1ccc2nc(CCC(N)=O)ccc2c1. The van der Waals surface area contributed by atoms with Gasteiger partial charge in [0.05, 0.1) is 5.52 Å². The molecule has 2 rings (SSSR count). The average molecular weight is 214 g/mol. The molecule has 3 nitrogen and oxygen atoms in total. The molecule has 0 spiro atoms. The molecule has 0 radical (unpaired) electrons. The minimum Gasteiger partial charge on any atom is -0.370 e. The Morgan fingerprint density at radius 1 is 1.31 bits per heavy atom. The Morgan fingerprint density at radius 2 is 2.12 bits per heavy atom. The van der Waals surface area contributed by atoms with E-state index in [2.05, 4.69) is 18.0 Å². The lowest BCUT2D eigenvalue weighted by molar-refractivity contribution is -0.118. The van der Waals surface area contributed by atoms with Crippen molar-refractivity contribution in [2.45, 2.75) is 19.8 Å². The molecule has 2 aromatic rings. The summed E-state index contributed by atoms with van der Waals surface area (Å²) in [6.45, 7) is 2.06. The first-order valence-corrected chi connectivity index (χ1v) is 5.30. The van der Waals surface area contributed by atoms with Crippen LogP contribution in [-0.4, -0.2) is 10.9 Å². The zero-order valence-electron chi connectivity index (χ0n) is 9.23. The van der Waals surface area contributed by atoms with Crippen molar-refractivity contribution in [3.63, 3.8) is 0 Å². The maximum Gasteiger partial charge on any atom is 0.217 e. The highest BCUT2D eigenvalue weighted by Gasteiger charge is 2.01. The van der Waals surface area contributed by atoms with Gasteiger partial charge in [0.1, 0.15) is 0 Å². The number of fused-ring (bicyclic) bond motifs is 1. The third kappa shape index (κ3) is 2.37. The third-order valence-corrected chi connectivity index (χ3v) is 2.53. The number of hydrogen-bond acceptors (Lipinski definition) is 2. The highest BCUT2D eigenvalue weighted by atomic mass is 16.1. The number of aromatic nitrogens is 1. The number of benzene rings is 1. The number of nitrogens with zero attached hydrogens (tertiary/aromatic N) is 1. The summed E-state index contributed by atoms with van der Waals surface area (Å²) in [4.78, 5) is 15.2. The maximum absolute atomic E-state index is 10.7. The van der Waals surface area contributed by atoms with Gasteiger partial charge in [-0.2, -0.15) is 0 Å². The molecule has 3 heteroatoms. The summed E-state index contributed by atoms with van der Waals surface area (Å²) in [7, 11) is 0. The van der Waals surface area contributed by atoms with Crippen LogP contribution < -0.4 is 5.73 Å². The van der Waals surface area contributed by atoms with Crippen molar-refractivity contribution < 1.29 is 4.79 Å². The summed E-state index contributed by atoms with van der Waals surface area (Å²) in [5.74, 6) is -0.286. The molecule has 1 heterocycles. The molecule has 0 fully saturated rings. The molecule has 0 unspecified atom stereocenters. The van der Waals surface area contributed by atoms with Gasteiger partial charge in [0, 0.05) is 17.5 Å². The van der Waals surface area contributed by atoms with Gasteiger partial charge in [-0.05, 0) is 31.5 Å². The molecule has 0 saturated carbocycles. The number of aryl methyl sites for hydroxylation is 2. The van der Waals surface area contributed by atoms with Crippen LogP contribution in [0.3, 0.4) is 0 Å². The van der Waals surface area contributed by atoms with E-state index < -0.39 is 0 Å². The van der Waals surface area contributed by atoms with Crippen molar-refractivity contribution >= 4 is 16.8 Å². The van der Waals surface area contributed by atoms with Crippen LogP contribution in [0.5, 0.6) is 0 Å². The third-order valence-electron chi connectivity index (χ3n) is 2.53. The number of hydrogen-bond donors (Lipinski definition) is 1. The van der Waals surface area contributed by atoms with E-state index in [4.69, 9.17) is 5.73 Å². The van der Waals surface area contributed by atoms with Crippen LogP contribution >= 0.6 is 0 Å². The van der Waals surface area contributed by atoms with Gasteiger partial charge in [0.2, 0.25) is 5.91 Å². The van der Waals surface area contributed by atoms with Crippen LogP contribution in [0.25, 0.3) is 10.9 Å². The molecule has 1 aromatic heterocycles. The quantitative estimate of drug-likeness (QED) is 0.849. The number of primary amides is 1. The van der Waals surface area contributed by atoms with Gasteiger partial charge in [-0.25, -0.2) is 0 Å². The predicted molar refractivity (Wildman–Crippen MR) is 64.0 cm³/mol. The smallest absolute Gasteiger partial charge is 0.217 e. The Bertz CT molecular complexity index is 534. The summed E-state index contributed by atoms with van der Waals surface area (Å²) in [6, 6.07) is 10.1. The molecule has 1 aromatic carbocycles. The number of carbonyl (C=O) groups is 1. The molecule has 0 bridgehead atoms. The normalized spacial score (nSPS) is 10.6. The van der Waals surface area contributed by atoms with Crippen molar-refractivity contribution in [3.8, 4) is 0 Å². The van der Waals surface area contributed by atoms with Crippen LogP contribution in [0, 0.1) is 6.92 Å². The first-order chi connectivity index (χ1) is 7.65. The topological polar surface area (TPSA) is 56.0 Å². The molecule has 82 valence electrons. The van der Waals surface area contributed by atoms with Gasteiger partial charge in [-0.3, -0.25) is 9.78 Å². The van der Waals surface area contributed by atoms with Gasteiger partial charge in [0.15, 0.2) is 0 Å².